The van der Waals surface area contributed by atoms with Crippen molar-refractivity contribution in [2.45, 2.75) is 104 Å². The SMILES string of the molecule is CCCC[C-]=O.CCOCCC(C)(C)c1cn(C(C)(C)CC(C)(C)N)nn1.[W]. The van der Waals surface area contributed by atoms with Crippen molar-refractivity contribution in [1.29, 1.82) is 0 Å². The minimum absolute atomic E-state index is 0. The summed E-state index contributed by atoms with van der Waals surface area (Å²) in [7, 11) is 0. The smallest absolute Gasteiger partial charge is 0.0884 e. The number of unbranched alkanes of at least 4 members (excludes halogenated alkanes) is 2. The van der Waals surface area contributed by atoms with E-state index < -0.39 is 0 Å². The van der Waals surface area contributed by atoms with Crippen molar-refractivity contribution in [2.24, 2.45) is 5.73 Å². The maximum absolute atomic E-state index is 9.44. The summed E-state index contributed by atoms with van der Waals surface area (Å²) in [5.41, 5.74) is 6.73. The average Bonchev–Trinajstić information content (AvgIpc) is 3.03. The molecule has 0 radical (unpaired) electrons. The molecule has 0 atom stereocenters. The first-order valence-corrected chi connectivity index (χ1v) is 10.0. The Kier molecular flexibility index (Phi) is 14.4. The van der Waals surface area contributed by atoms with Gasteiger partial charge < -0.3 is 15.3 Å². The minimum atomic E-state index is -0.236. The van der Waals surface area contributed by atoms with Gasteiger partial charge in [-0.3, -0.25) is 6.29 Å². The van der Waals surface area contributed by atoms with Gasteiger partial charge in [-0.1, -0.05) is 38.8 Å². The number of hydrogen-bond acceptors (Lipinski definition) is 5. The summed E-state index contributed by atoms with van der Waals surface area (Å²) in [5.74, 6) is 0. The molecule has 0 spiro atoms. The quantitative estimate of drug-likeness (QED) is 0.323. The van der Waals surface area contributed by atoms with Gasteiger partial charge in [-0.05, 0) is 47.5 Å². The van der Waals surface area contributed by atoms with Crippen LogP contribution in [0, 0.1) is 0 Å². The molecule has 0 saturated heterocycles. The van der Waals surface area contributed by atoms with E-state index in [-0.39, 0.29) is 37.6 Å². The molecule has 164 valence electrons. The number of aromatic nitrogens is 3. The molecule has 1 rings (SSSR count). The van der Waals surface area contributed by atoms with Gasteiger partial charge >= 0.3 is 0 Å². The van der Waals surface area contributed by atoms with E-state index in [2.05, 4.69) is 51.1 Å². The molecule has 1 aromatic rings. The van der Waals surface area contributed by atoms with Gasteiger partial charge in [0.1, 0.15) is 0 Å². The second-order valence-corrected chi connectivity index (χ2v) is 9.10. The van der Waals surface area contributed by atoms with Crippen LogP contribution in [0.1, 0.15) is 93.2 Å². The summed E-state index contributed by atoms with van der Waals surface area (Å²) >= 11 is 0. The van der Waals surface area contributed by atoms with Crippen molar-refractivity contribution in [2.75, 3.05) is 13.2 Å². The molecule has 0 fully saturated rings. The fourth-order valence-electron chi connectivity index (χ4n) is 2.91. The maximum Gasteiger partial charge on any atom is 0.0884 e. The summed E-state index contributed by atoms with van der Waals surface area (Å²) in [6, 6.07) is 0. The van der Waals surface area contributed by atoms with Crippen LogP contribution in [0.4, 0.5) is 0 Å². The van der Waals surface area contributed by atoms with Crippen LogP contribution in [0.15, 0.2) is 6.20 Å². The second kappa shape index (κ2) is 13.6. The van der Waals surface area contributed by atoms with Crippen LogP contribution in [0.2, 0.25) is 0 Å². The molecule has 0 aliphatic heterocycles. The van der Waals surface area contributed by atoms with Gasteiger partial charge in [-0.15, -0.1) is 5.10 Å². The zero-order chi connectivity index (χ0) is 21.1. The van der Waals surface area contributed by atoms with Crippen molar-refractivity contribution in [3.63, 3.8) is 0 Å². The van der Waals surface area contributed by atoms with Crippen molar-refractivity contribution in [3.8, 4) is 0 Å². The fourth-order valence-corrected chi connectivity index (χ4v) is 2.91. The van der Waals surface area contributed by atoms with Crippen molar-refractivity contribution in [1.82, 2.24) is 15.0 Å². The number of carbonyl (C=O) groups excluding carboxylic acids is 1. The summed E-state index contributed by atoms with van der Waals surface area (Å²) < 4.78 is 7.40. The van der Waals surface area contributed by atoms with Crippen LogP contribution >= 0.6 is 0 Å². The summed E-state index contributed by atoms with van der Waals surface area (Å²) in [5, 5.41) is 8.72. The van der Waals surface area contributed by atoms with E-state index in [9.17, 15) is 4.79 Å². The molecule has 0 aliphatic carbocycles. The number of ether oxygens (including phenoxy) is 1. The van der Waals surface area contributed by atoms with E-state index in [0.29, 0.717) is 6.42 Å². The van der Waals surface area contributed by atoms with Crippen molar-refractivity contribution in [3.05, 3.63) is 11.9 Å². The van der Waals surface area contributed by atoms with Crippen LogP contribution in [0.5, 0.6) is 0 Å². The molecule has 2 N–H and O–H groups in total. The molecule has 1 aromatic heterocycles. The predicted molar refractivity (Wildman–Crippen MR) is 112 cm³/mol. The Morgan fingerprint density at radius 3 is 2.21 bits per heavy atom. The standard InChI is InChI=1S/C16H32N4O.C5H9O.W/c1-8-21-10-9-14(2,3)13-11-20(19-18-13)16(6,7)12-15(4,5)17;1-2-3-4-5-6;/h11H,8-10,12,17H2,1-7H3;2-4H2,1H3;/q;-1;. The van der Waals surface area contributed by atoms with Crippen LogP contribution in [-0.4, -0.2) is 40.0 Å². The molecule has 0 aromatic carbocycles. The van der Waals surface area contributed by atoms with E-state index in [1.54, 1.807) is 0 Å². The van der Waals surface area contributed by atoms with Gasteiger partial charge in [0.25, 0.3) is 0 Å². The zero-order valence-corrected chi connectivity index (χ0v) is 22.1. The van der Waals surface area contributed by atoms with Crippen LogP contribution in [-0.2, 0) is 41.6 Å². The van der Waals surface area contributed by atoms with Gasteiger partial charge in [0, 0.05) is 51.4 Å². The third-order valence-electron chi connectivity index (χ3n) is 4.40. The number of nitrogens with zero attached hydrogens (tertiary/aromatic N) is 3. The van der Waals surface area contributed by atoms with Crippen molar-refractivity contribution >= 4 is 6.29 Å². The van der Waals surface area contributed by atoms with Gasteiger partial charge in [-0.2, -0.15) is 6.42 Å². The van der Waals surface area contributed by atoms with Gasteiger partial charge in [0.2, 0.25) is 0 Å². The Morgan fingerprint density at radius 1 is 1.18 bits per heavy atom. The van der Waals surface area contributed by atoms with Gasteiger partial charge in [0.15, 0.2) is 0 Å². The third kappa shape index (κ3) is 12.1. The molecule has 6 nitrogen and oxygen atoms in total. The van der Waals surface area contributed by atoms with E-state index in [1.807, 2.05) is 31.7 Å². The van der Waals surface area contributed by atoms with Crippen LogP contribution < -0.4 is 5.73 Å². The van der Waals surface area contributed by atoms with E-state index in [4.69, 9.17) is 10.5 Å². The van der Waals surface area contributed by atoms with Gasteiger partial charge in [0.05, 0.1) is 11.2 Å². The first-order chi connectivity index (χ1) is 12.4. The minimum Gasteiger partial charge on any atom is -0.542 e. The number of rotatable bonds is 11. The Bertz CT molecular complexity index is 537. The topological polar surface area (TPSA) is 83.0 Å². The van der Waals surface area contributed by atoms with E-state index in [0.717, 1.165) is 44.6 Å². The molecule has 0 unspecified atom stereocenters. The first kappa shape index (κ1) is 29.6. The predicted octanol–water partition coefficient (Wildman–Crippen LogP) is 4.13. The number of nitrogens with two attached hydrogens (primary N) is 1. The summed E-state index contributed by atoms with van der Waals surface area (Å²) in [6.45, 7) is 18.3. The maximum atomic E-state index is 9.44. The second-order valence-electron chi connectivity index (χ2n) is 9.10. The first-order valence-electron chi connectivity index (χ1n) is 10.0. The van der Waals surface area contributed by atoms with Crippen LogP contribution in [0.3, 0.4) is 0 Å². The normalized spacial score (nSPS) is 12.0. The molecular formula is C21H41N4O2W-. The van der Waals surface area contributed by atoms with Gasteiger partial charge in [-0.25, -0.2) is 4.68 Å². The zero-order valence-electron chi connectivity index (χ0n) is 19.2. The summed E-state index contributed by atoms with van der Waals surface area (Å²) in [4.78, 5) is 9.44. The van der Waals surface area contributed by atoms with E-state index >= 15 is 0 Å². The molecule has 7 heteroatoms. The van der Waals surface area contributed by atoms with E-state index in [1.165, 1.54) is 0 Å². The fraction of sp³-hybridized carbons (Fsp3) is 0.857. The molecule has 0 aliphatic rings. The monoisotopic (exact) mass is 565 g/mol. The Hall–Kier alpha value is -0.582. The Labute approximate surface area is 186 Å². The average molecular weight is 565 g/mol. The third-order valence-corrected chi connectivity index (χ3v) is 4.40. The molecule has 28 heavy (non-hydrogen) atoms. The van der Waals surface area contributed by atoms with Crippen LogP contribution in [0.25, 0.3) is 0 Å². The largest absolute Gasteiger partial charge is 0.542 e. The Balaban J connectivity index is 0. The molecule has 0 bridgehead atoms. The molecule has 0 amide bonds. The number of hydrogen-bond donors (Lipinski definition) is 1. The molecular weight excluding hydrogens is 524 g/mol. The summed E-state index contributed by atoms with van der Waals surface area (Å²) in [6.07, 6.45) is 8.33. The molecule has 0 saturated carbocycles. The Morgan fingerprint density at radius 2 is 1.79 bits per heavy atom. The van der Waals surface area contributed by atoms with Crippen molar-refractivity contribution < 1.29 is 30.6 Å². The molecule has 1 heterocycles.